The Morgan fingerprint density at radius 1 is 1.35 bits per heavy atom. The maximum Gasteiger partial charge on any atom is 0.0447 e. The van der Waals surface area contributed by atoms with Crippen molar-refractivity contribution in [2.75, 3.05) is 31.1 Å². The molecule has 3 nitrogen and oxygen atoms in total. The minimum atomic E-state index is 0.244. The van der Waals surface area contributed by atoms with E-state index in [0.29, 0.717) is 5.92 Å². The van der Waals surface area contributed by atoms with Crippen LogP contribution in [-0.2, 0) is 6.54 Å². The minimum Gasteiger partial charge on any atom is -0.396 e. The Balaban J connectivity index is 2.81. The number of nitrogens with zero attached hydrogens (tertiary/aromatic N) is 1. The average molecular weight is 343 g/mol. The highest BCUT2D eigenvalue weighted by molar-refractivity contribution is 9.10. The summed E-state index contributed by atoms with van der Waals surface area (Å²) in [6.07, 6.45) is 0.808. The largest absolute Gasteiger partial charge is 0.396 e. The molecule has 1 aromatic rings. The predicted octanol–water partition coefficient (Wildman–Crippen LogP) is 3.40. The SMILES string of the molecule is CCN(CCCO)c1ccc(Br)cc1CNCC(C)C. The maximum atomic E-state index is 9.03. The van der Waals surface area contributed by atoms with Crippen LogP contribution in [0, 0.1) is 5.92 Å². The van der Waals surface area contributed by atoms with Crippen LogP contribution < -0.4 is 10.2 Å². The highest BCUT2D eigenvalue weighted by Gasteiger charge is 2.10. The van der Waals surface area contributed by atoms with Crippen LogP contribution in [-0.4, -0.2) is 31.3 Å². The molecule has 1 aromatic carbocycles. The Bertz CT molecular complexity index is 396. The van der Waals surface area contributed by atoms with Gasteiger partial charge in [0.05, 0.1) is 0 Å². The third-order valence-corrected chi connectivity index (χ3v) is 3.71. The van der Waals surface area contributed by atoms with Crippen LogP contribution in [0.4, 0.5) is 5.69 Å². The van der Waals surface area contributed by atoms with Gasteiger partial charge in [0, 0.05) is 36.4 Å². The standard InChI is InChI=1S/C16H27BrN2O/c1-4-19(8-5-9-20)16-7-6-15(17)10-14(16)12-18-11-13(2)3/h6-7,10,13,18,20H,4-5,8-9,11-12H2,1-3H3. The first kappa shape index (κ1) is 17.5. The Morgan fingerprint density at radius 3 is 2.70 bits per heavy atom. The number of halogens is 1. The van der Waals surface area contributed by atoms with Gasteiger partial charge in [-0.05, 0) is 49.6 Å². The zero-order chi connectivity index (χ0) is 15.0. The summed E-state index contributed by atoms with van der Waals surface area (Å²) in [5.74, 6) is 0.655. The van der Waals surface area contributed by atoms with Gasteiger partial charge in [0.15, 0.2) is 0 Å². The summed E-state index contributed by atoms with van der Waals surface area (Å²) in [7, 11) is 0. The van der Waals surface area contributed by atoms with Gasteiger partial charge in [-0.25, -0.2) is 0 Å². The Morgan fingerprint density at radius 2 is 2.10 bits per heavy atom. The van der Waals surface area contributed by atoms with E-state index < -0.39 is 0 Å². The second kappa shape index (κ2) is 9.37. The number of nitrogens with one attached hydrogen (secondary N) is 1. The number of hydrogen-bond acceptors (Lipinski definition) is 3. The van der Waals surface area contributed by atoms with Gasteiger partial charge in [-0.3, -0.25) is 0 Å². The van der Waals surface area contributed by atoms with Gasteiger partial charge < -0.3 is 15.3 Å². The molecule has 0 saturated carbocycles. The molecule has 0 amide bonds. The summed E-state index contributed by atoms with van der Waals surface area (Å²) in [6.45, 7) is 10.6. The molecule has 4 heteroatoms. The highest BCUT2D eigenvalue weighted by Crippen LogP contribution is 2.25. The number of aliphatic hydroxyl groups is 1. The quantitative estimate of drug-likeness (QED) is 0.721. The zero-order valence-electron chi connectivity index (χ0n) is 12.8. The van der Waals surface area contributed by atoms with Crippen molar-refractivity contribution < 1.29 is 5.11 Å². The van der Waals surface area contributed by atoms with Crippen molar-refractivity contribution >= 4 is 21.6 Å². The molecule has 0 radical (unpaired) electrons. The fourth-order valence-electron chi connectivity index (χ4n) is 2.21. The van der Waals surface area contributed by atoms with Crippen molar-refractivity contribution in [2.24, 2.45) is 5.92 Å². The van der Waals surface area contributed by atoms with Crippen molar-refractivity contribution in [1.82, 2.24) is 5.32 Å². The van der Waals surface area contributed by atoms with Crippen LogP contribution in [0.25, 0.3) is 0 Å². The van der Waals surface area contributed by atoms with Gasteiger partial charge >= 0.3 is 0 Å². The van der Waals surface area contributed by atoms with Crippen molar-refractivity contribution in [1.29, 1.82) is 0 Å². The van der Waals surface area contributed by atoms with Crippen LogP contribution >= 0.6 is 15.9 Å². The summed E-state index contributed by atoms with van der Waals surface area (Å²) in [4.78, 5) is 2.33. The number of aliphatic hydroxyl groups excluding tert-OH is 1. The van der Waals surface area contributed by atoms with Crippen LogP contribution in [0.3, 0.4) is 0 Å². The van der Waals surface area contributed by atoms with E-state index in [2.05, 4.69) is 65.1 Å². The molecule has 0 aliphatic heterocycles. The van der Waals surface area contributed by atoms with Crippen LogP contribution in [0.2, 0.25) is 0 Å². The van der Waals surface area contributed by atoms with E-state index in [4.69, 9.17) is 5.11 Å². The van der Waals surface area contributed by atoms with Crippen molar-refractivity contribution in [3.8, 4) is 0 Å². The fraction of sp³-hybridized carbons (Fsp3) is 0.625. The lowest BCUT2D eigenvalue weighted by atomic mass is 10.1. The molecule has 0 aliphatic carbocycles. The lowest BCUT2D eigenvalue weighted by molar-refractivity contribution is 0.289. The molecule has 0 saturated heterocycles. The van der Waals surface area contributed by atoms with Gasteiger partial charge in [0.25, 0.3) is 0 Å². The molecule has 0 bridgehead atoms. The molecule has 0 heterocycles. The van der Waals surface area contributed by atoms with Crippen molar-refractivity contribution in [3.05, 3.63) is 28.2 Å². The van der Waals surface area contributed by atoms with Gasteiger partial charge in [0.2, 0.25) is 0 Å². The number of hydrogen-bond donors (Lipinski definition) is 2. The second-order valence-corrected chi connectivity index (χ2v) is 6.37. The lowest BCUT2D eigenvalue weighted by Gasteiger charge is -2.26. The summed E-state index contributed by atoms with van der Waals surface area (Å²) in [6, 6.07) is 6.44. The smallest absolute Gasteiger partial charge is 0.0447 e. The van der Waals surface area contributed by atoms with Gasteiger partial charge in [0.1, 0.15) is 0 Å². The molecule has 0 aliphatic rings. The normalized spacial score (nSPS) is 11.1. The molecule has 0 aromatic heterocycles. The van der Waals surface area contributed by atoms with Crippen molar-refractivity contribution in [2.45, 2.75) is 33.7 Å². The first-order valence-corrected chi connectivity index (χ1v) is 8.22. The number of benzene rings is 1. The van der Waals surface area contributed by atoms with Gasteiger partial charge in [-0.2, -0.15) is 0 Å². The van der Waals surface area contributed by atoms with Crippen LogP contribution in [0.1, 0.15) is 32.8 Å². The third kappa shape index (κ3) is 5.81. The minimum absolute atomic E-state index is 0.244. The van der Waals surface area contributed by atoms with Gasteiger partial charge in [-0.1, -0.05) is 29.8 Å². The molecule has 114 valence electrons. The molecular formula is C16H27BrN2O. The Labute approximate surface area is 131 Å². The van der Waals surface area contributed by atoms with Crippen LogP contribution in [0.15, 0.2) is 22.7 Å². The highest BCUT2D eigenvalue weighted by atomic mass is 79.9. The van der Waals surface area contributed by atoms with Crippen molar-refractivity contribution in [3.63, 3.8) is 0 Å². The monoisotopic (exact) mass is 342 g/mol. The molecule has 2 N–H and O–H groups in total. The first-order chi connectivity index (χ1) is 9.58. The third-order valence-electron chi connectivity index (χ3n) is 3.22. The molecule has 0 spiro atoms. The van der Waals surface area contributed by atoms with Gasteiger partial charge in [-0.15, -0.1) is 0 Å². The predicted molar refractivity (Wildman–Crippen MR) is 90.3 cm³/mol. The molecule has 0 atom stereocenters. The second-order valence-electron chi connectivity index (χ2n) is 5.45. The molecular weight excluding hydrogens is 316 g/mol. The number of anilines is 1. The van der Waals surface area contributed by atoms with E-state index in [9.17, 15) is 0 Å². The molecule has 0 fully saturated rings. The molecule has 0 unspecified atom stereocenters. The Kier molecular flexibility index (Phi) is 8.19. The van der Waals surface area contributed by atoms with E-state index >= 15 is 0 Å². The topological polar surface area (TPSA) is 35.5 Å². The summed E-state index contributed by atoms with van der Waals surface area (Å²) < 4.78 is 1.11. The maximum absolute atomic E-state index is 9.03. The zero-order valence-corrected chi connectivity index (χ0v) is 14.4. The van der Waals surface area contributed by atoms with E-state index in [-0.39, 0.29) is 6.61 Å². The van der Waals surface area contributed by atoms with E-state index in [1.807, 2.05) is 0 Å². The van der Waals surface area contributed by atoms with E-state index in [1.165, 1.54) is 11.3 Å². The van der Waals surface area contributed by atoms with E-state index in [0.717, 1.165) is 37.1 Å². The summed E-state index contributed by atoms with van der Waals surface area (Å²) >= 11 is 3.55. The molecule has 1 rings (SSSR count). The summed E-state index contributed by atoms with van der Waals surface area (Å²) in [5.41, 5.74) is 2.57. The number of rotatable bonds is 9. The van der Waals surface area contributed by atoms with Crippen LogP contribution in [0.5, 0.6) is 0 Å². The summed E-state index contributed by atoms with van der Waals surface area (Å²) in [5, 5.41) is 12.5. The molecule has 20 heavy (non-hydrogen) atoms. The first-order valence-electron chi connectivity index (χ1n) is 7.43. The average Bonchev–Trinajstić information content (AvgIpc) is 2.41. The fourth-order valence-corrected chi connectivity index (χ4v) is 2.62. The lowest BCUT2D eigenvalue weighted by Crippen LogP contribution is -2.27. The van der Waals surface area contributed by atoms with E-state index in [1.54, 1.807) is 0 Å². The Hall–Kier alpha value is -0.580.